The van der Waals surface area contributed by atoms with E-state index in [9.17, 15) is 4.39 Å². The van der Waals surface area contributed by atoms with E-state index >= 15 is 0 Å². The molecular weight excluding hydrogens is 167 g/mol. The second-order valence-corrected chi connectivity index (χ2v) is 2.95. The molecule has 0 bridgehead atoms. The van der Waals surface area contributed by atoms with Gasteiger partial charge >= 0.3 is 0 Å². The van der Waals surface area contributed by atoms with Crippen molar-refractivity contribution in [1.82, 2.24) is 0 Å². The lowest BCUT2D eigenvalue weighted by atomic mass is 10.1. The zero-order valence-electron chi connectivity index (χ0n) is 6.92. The minimum absolute atomic E-state index is 0.310. The van der Waals surface area contributed by atoms with Gasteiger partial charge in [-0.25, -0.2) is 4.39 Å². The highest BCUT2D eigenvalue weighted by Gasteiger charge is 2.04. The number of halogens is 1. The summed E-state index contributed by atoms with van der Waals surface area (Å²) in [6, 6.07) is 8.07. The molecule has 2 aromatic rings. The van der Waals surface area contributed by atoms with Crippen LogP contribution in [0.25, 0.3) is 10.8 Å². The average molecular weight is 176 g/mol. The van der Waals surface area contributed by atoms with E-state index in [1.165, 1.54) is 6.07 Å². The van der Waals surface area contributed by atoms with E-state index in [1.54, 1.807) is 24.3 Å². The molecule has 0 aromatic heterocycles. The molecule has 66 valence electrons. The van der Waals surface area contributed by atoms with Gasteiger partial charge in [-0.3, -0.25) is 0 Å². The van der Waals surface area contributed by atoms with Crippen LogP contribution in [0.2, 0.25) is 0 Å². The van der Waals surface area contributed by atoms with Crippen LogP contribution >= 0.6 is 0 Å². The number of hydrogen-bond acceptors (Lipinski definition) is 2. The zero-order valence-corrected chi connectivity index (χ0v) is 6.92. The van der Waals surface area contributed by atoms with Gasteiger partial charge in [0.2, 0.25) is 0 Å². The van der Waals surface area contributed by atoms with Crippen molar-refractivity contribution in [3.8, 4) is 0 Å². The fourth-order valence-corrected chi connectivity index (χ4v) is 1.44. The van der Waals surface area contributed by atoms with E-state index in [-0.39, 0.29) is 5.82 Å². The third-order valence-electron chi connectivity index (χ3n) is 1.98. The van der Waals surface area contributed by atoms with Crippen LogP contribution in [0.4, 0.5) is 15.8 Å². The molecule has 0 aliphatic rings. The first kappa shape index (κ1) is 7.86. The topological polar surface area (TPSA) is 52.0 Å². The van der Waals surface area contributed by atoms with E-state index in [1.807, 2.05) is 0 Å². The number of hydrogen-bond donors (Lipinski definition) is 2. The van der Waals surface area contributed by atoms with E-state index < -0.39 is 0 Å². The molecule has 0 saturated heterocycles. The second kappa shape index (κ2) is 2.62. The van der Waals surface area contributed by atoms with Gasteiger partial charge in [-0.15, -0.1) is 0 Å². The Morgan fingerprint density at radius 2 is 1.85 bits per heavy atom. The second-order valence-electron chi connectivity index (χ2n) is 2.95. The van der Waals surface area contributed by atoms with Crippen molar-refractivity contribution >= 4 is 22.1 Å². The molecule has 2 aromatic carbocycles. The lowest BCUT2D eigenvalue weighted by Crippen LogP contribution is -1.93. The minimum Gasteiger partial charge on any atom is -0.399 e. The van der Waals surface area contributed by atoms with Crippen LogP contribution in [-0.4, -0.2) is 0 Å². The summed E-state index contributed by atoms with van der Waals surface area (Å²) < 4.78 is 13.3. The molecule has 0 aliphatic heterocycles. The number of nitrogen functional groups attached to an aromatic ring is 2. The number of fused-ring (bicyclic) bond motifs is 1. The summed E-state index contributed by atoms with van der Waals surface area (Å²) in [6.07, 6.45) is 0. The van der Waals surface area contributed by atoms with Crippen molar-refractivity contribution in [3.63, 3.8) is 0 Å². The smallest absolute Gasteiger partial charge is 0.133 e. The van der Waals surface area contributed by atoms with Gasteiger partial charge in [0.05, 0.1) is 0 Å². The van der Waals surface area contributed by atoms with Crippen LogP contribution in [0, 0.1) is 5.82 Å². The maximum atomic E-state index is 13.3. The Hall–Kier alpha value is -1.77. The largest absolute Gasteiger partial charge is 0.399 e. The van der Waals surface area contributed by atoms with Crippen LogP contribution in [-0.2, 0) is 0 Å². The van der Waals surface area contributed by atoms with Gasteiger partial charge in [-0.05, 0) is 23.6 Å². The Morgan fingerprint density at radius 3 is 2.62 bits per heavy atom. The van der Waals surface area contributed by atoms with Gasteiger partial charge < -0.3 is 11.5 Å². The number of rotatable bonds is 0. The molecule has 0 amide bonds. The van der Waals surface area contributed by atoms with E-state index in [4.69, 9.17) is 11.5 Å². The molecule has 0 unspecified atom stereocenters. The molecular formula is C10H9FN2. The Morgan fingerprint density at radius 1 is 1.08 bits per heavy atom. The molecule has 2 rings (SSSR count). The third kappa shape index (κ3) is 1.18. The fourth-order valence-electron chi connectivity index (χ4n) is 1.44. The third-order valence-corrected chi connectivity index (χ3v) is 1.98. The van der Waals surface area contributed by atoms with Crippen LogP contribution in [0.1, 0.15) is 0 Å². The maximum Gasteiger partial charge on any atom is 0.133 e. The monoisotopic (exact) mass is 176 g/mol. The molecule has 0 spiro atoms. The summed E-state index contributed by atoms with van der Waals surface area (Å²) in [5.41, 5.74) is 12.1. The normalized spacial score (nSPS) is 10.5. The minimum atomic E-state index is -0.310. The zero-order chi connectivity index (χ0) is 9.42. The predicted octanol–water partition coefficient (Wildman–Crippen LogP) is 2.14. The predicted molar refractivity (Wildman–Crippen MR) is 52.7 cm³/mol. The first-order chi connectivity index (χ1) is 6.18. The summed E-state index contributed by atoms with van der Waals surface area (Å²) in [7, 11) is 0. The Kier molecular flexibility index (Phi) is 1.59. The van der Waals surface area contributed by atoms with Crippen molar-refractivity contribution in [3.05, 3.63) is 36.1 Å². The molecule has 4 N–H and O–H groups in total. The van der Waals surface area contributed by atoms with Gasteiger partial charge in [-0.2, -0.15) is 0 Å². The SMILES string of the molecule is Nc1cc(N)c2c(F)cccc2c1. The van der Waals surface area contributed by atoms with Crippen molar-refractivity contribution in [1.29, 1.82) is 0 Å². The van der Waals surface area contributed by atoms with Gasteiger partial charge in [0.15, 0.2) is 0 Å². The Bertz CT molecular complexity index is 466. The van der Waals surface area contributed by atoms with Gasteiger partial charge in [-0.1, -0.05) is 12.1 Å². The lowest BCUT2D eigenvalue weighted by Gasteiger charge is -2.04. The molecule has 0 atom stereocenters. The number of anilines is 2. The summed E-state index contributed by atoms with van der Waals surface area (Å²) in [4.78, 5) is 0. The highest BCUT2D eigenvalue weighted by Crippen LogP contribution is 2.26. The molecule has 0 heterocycles. The summed E-state index contributed by atoms with van der Waals surface area (Å²) in [5, 5.41) is 1.18. The molecule has 0 fully saturated rings. The quantitative estimate of drug-likeness (QED) is 0.604. The van der Waals surface area contributed by atoms with E-state index in [0.29, 0.717) is 16.8 Å². The average Bonchev–Trinajstić information content (AvgIpc) is 2.02. The van der Waals surface area contributed by atoms with Crippen LogP contribution < -0.4 is 11.5 Å². The van der Waals surface area contributed by atoms with E-state index in [0.717, 1.165) is 5.39 Å². The van der Waals surface area contributed by atoms with Crippen molar-refractivity contribution < 1.29 is 4.39 Å². The van der Waals surface area contributed by atoms with Gasteiger partial charge in [0, 0.05) is 16.8 Å². The lowest BCUT2D eigenvalue weighted by molar-refractivity contribution is 0.640. The molecule has 3 heteroatoms. The molecule has 13 heavy (non-hydrogen) atoms. The Balaban J connectivity index is 2.94. The number of nitrogens with two attached hydrogens (primary N) is 2. The summed E-state index contributed by atoms with van der Waals surface area (Å²) in [5.74, 6) is -0.310. The highest BCUT2D eigenvalue weighted by atomic mass is 19.1. The van der Waals surface area contributed by atoms with E-state index in [2.05, 4.69) is 0 Å². The van der Waals surface area contributed by atoms with Crippen molar-refractivity contribution in [2.24, 2.45) is 0 Å². The van der Waals surface area contributed by atoms with Crippen LogP contribution in [0.5, 0.6) is 0 Å². The molecule has 0 aliphatic carbocycles. The molecule has 0 saturated carbocycles. The summed E-state index contributed by atoms with van der Waals surface area (Å²) >= 11 is 0. The molecule has 2 nitrogen and oxygen atoms in total. The molecule has 0 radical (unpaired) electrons. The fraction of sp³-hybridized carbons (Fsp3) is 0. The summed E-state index contributed by atoms with van der Waals surface area (Å²) in [6.45, 7) is 0. The Labute approximate surface area is 75.0 Å². The van der Waals surface area contributed by atoms with Gasteiger partial charge in [0.1, 0.15) is 5.82 Å². The van der Waals surface area contributed by atoms with Gasteiger partial charge in [0.25, 0.3) is 0 Å². The van der Waals surface area contributed by atoms with Crippen LogP contribution in [0.15, 0.2) is 30.3 Å². The standard InChI is InChI=1S/C10H9FN2/c11-8-3-1-2-6-4-7(12)5-9(13)10(6)8/h1-5H,12-13H2. The first-order valence-electron chi connectivity index (χ1n) is 3.92. The van der Waals surface area contributed by atoms with Crippen LogP contribution in [0.3, 0.4) is 0 Å². The highest BCUT2D eigenvalue weighted by molar-refractivity contribution is 5.95. The maximum absolute atomic E-state index is 13.3. The first-order valence-corrected chi connectivity index (χ1v) is 3.92. The van der Waals surface area contributed by atoms with Crippen molar-refractivity contribution in [2.75, 3.05) is 11.5 Å². The number of benzene rings is 2. The van der Waals surface area contributed by atoms with Crippen molar-refractivity contribution in [2.45, 2.75) is 0 Å².